The number of carbonyl (C=O) groups is 3. The molecule has 0 bridgehead atoms. The van der Waals surface area contributed by atoms with Gasteiger partial charge >= 0.3 is 0 Å². The lowest BCUT2D eigenvalue weighted by molar-refractivity contribution is -0.169. The maximum absolute atomic E-state index is 14.2. The van der Waals surface area contributed by atoms with Gasteiger partial charge in [0.1, 0.15) is 28.6 Å². The number of Topliss-reactive ketones (excluding diaryl/α,β-unsaturated/α-hetero) is 2. The minimum atomic E-state index is -2.96. The number of phenols is 1. The number of ketones is 2. The number of phenolic OH excluding ortho intramolecular Hbond substituents is 1. The van der Waals surface area contributed by atoms with Crippen LogP contribution in [0.5, 0.6) is 11.5 Å². The molecule has 7 N–H and O–H groups in total. The molecule has 11 nitrogen and oxygen atoms in total. The van der Waals surface area contributed by atoms with Crippen LogP contribution in [0.15, 0.2) is 59.4 Å². The van der Waals surface area contributed by atoms with E-state index >= 15 is 0 Å². The zero-order chi connectivity index (χ0) is 29.3. The van der Waals surface area contributed by atoms with Gasteiger partial charge in [-0.3, -0.25) is 19.3 Å². The van der Waals surface area contributed by atoms with E-state index in [0.29, 0.717) is 11.3 Å². The third-order valence-corrected chi connectivity index (χ3v) is 8.41. The summed E-state index contributed by atoms with van der Waals surface area (Å²) in [6.07, 6.45) is -1.45. The molecule has 0 heterocycles. The number of likely N-dealkylation sites (N-methyl/N-ethyl adjacent to an activating group) is 1. The minimum Gasteiger partial charge on any atom is -0.508 e. The summed E-state index contributed by atoms with van der Waals surface area (Å²) in [6, 6.07) is 10.2. The molecule has 0 aromatic heterocycles. The number of benzene rings is 2. The van der Waals surface area contributed by atoms with E-state index in [1.807, 2.05) is 0 Å². The number of hydrogen-bond acceptors (Lipinski definition) is 10. The number of aliphatic hydroxyl groups is 4. The van der Waals surface area contributed by atoms with Gasteiger partial charge in [-0.25, -0.2) is 0 Å². The van der Waals surface area contributed by atoms with Gasteiger partial charge in [0.15, 0.2) is 11.4 Å². The van der Waals surface area contributed by atoms with Crippen molar-refractivity contribution in [3.05, 3.63) is 76.1 Å². The number of carbonyl (C=O) groups excluding carboxylic acids is 3. The standard InChI is InChI=1S/C29H30N2O9/c1-31(2)22-21-24(34)18-15(11-12-7-9-13(40-3)10-8-12)14-5-4-6-16(32)17(14)23(33)19(18)26(36)29(21,39)27(37)20(25(22)35)28(30)38/h4-10,15,18,21-22,24,32-34,37,39H,11H2,1-3H3,(H2,30,38). The number of aliphatic hydroxyl groups excluding tert-OH is 3. The average molecular weight is 551 g/mol. The van der Waals surface area contributed by atoms with Gasteiger partial charge in [-0.2, -0.15) is 0 Å². The fraction of sp³-hybridized carbons (Fsp3) is 0.345. The van der Waals surface area contributed by atoms with Crippen molar-refractivity contribution >= 4 is 23.2 Å². The number of methoxy groups -OCH3 is 1. The van der Waals surface area contributed by atoms with Crippen LogP contribution in [0.1, 0.15) is 22.6 Å². The Balaban J connectivity index is 1.77. The summed E-state index contributed by atoms with van der Waals surface area (Å²) in [5.41, 5.74) is 2.19. The van der Waals surface area contributed by atoms with Crippen molar-refractivity contribution in [2.75, 3.05) is 21.2 Å². The van der Waals surface area contributed by atoms with Crippen molar-refractivity contribution < 1.29 is 44.7 Å². The molecule has 3 aliphatic rings. The molecule has 6 atom stereocenters. The molecule has 2 aromatic carbocycles. The van der Waals surface area contributed by atoms with Crippen molar-refractivity contribution in [3.63, 3.8) is 0 Å². The first-order valence-corrected chi connectivity index (χ1v) is 12.6. The highest BCUT2D eigenvalue weighted by molar-refractivity contribution is 6.24. The second-order valence-electron chi connectivity index (χ2n) is 10.7. The van der Waals surface area contributed by atoms with Crippen molar-refractivity contribution in [3.8, 4) is 11.5 Å². The maximum Gasteiger partial charge on any atom is 0.255 e. The average Bonchev–Trinajstić information content (AvgIpc) is 2.90. The highest BCUT2D eigenvalue weighted by Crippen LogP contribution is 2.56. The topological polar surface area (TPSA) is 191 Å². The molecule has 5 rings (SSSR count). The van der Waals surface area contributed by atoms with Gasteiger partial charge in [0.2, 0.25) is 5.78 Å². The van der Waals surface area contributed by atoms with E-state index in [0.717, 1.165) is 5.56 Å². The molecular weight excluding hydrogens is 520 g/mol. The molecule has 11 heteroatoms. The van der Waals surface area contributed by atoms with Gasteiger partial charge in [-0.1, -0.05) is 24.3 Å². The molecular formula is C29H30N2O9. The number of amides is 1. The van der Waals surface area contributed by atoms with E-state index in [9.17, 15) is 39.9 Å². The Morgan fingerprint density at radius 1 is 1.07 bits per heavy atom. The van der Waals surface area contributed by atoms with Gasteiger partial charge in [0.25, 0.3) is 5.91 Å². The molecule has 0 radical (unpaired) electrons. The number of nitrogens with two attached hydrogens (primary N) is 1. The van der Waals surface area contributed by atoms with Crippen LogP contribution in [0.4, 0.5) is 0 Å². The second kappa shape index (κ2) is 9.47. The van der Waals surface area contributed by atoms with Crippen LogP contribution in [0.3, 0.4) is 0 Å². The summed E-state index contributed by atoms with van der Waals surface area (Å²) in [6.45, 7) is 0. The Morgan fingerprint density at radius 2 is 1.73 bits per heavy atom. The molecule has 0 aliphatic heterocycles. The Bertz CT molecular complexity index is 1490. The number of rotatable bonds is 5. The Kier molecular flexibility index (Phi) is 6.48. The molecule has 2 aromatic rings. The Hall–Kier alpha value is -4.19. The fourth-order valence-corrected chi connectivity index (χ4v) is 6.65. The summed E-state index contributed by atoms with van der Waals surface area (Å²) in [4.78, 5) is 41.1. The first-order valence-electron chi connectivity index (χ1n) is 12.6. The predicted octanol–water partition coefficient (Wildman–Crippen LogP) is 0.727. The van der Waals surface area contributed by atoms with Crippen LogP contribution in [0.2, 0.25) is 0 Å². The Labute approximate surface area is 229 Å². The molecule has 0 saturated heterocycles. The zero-order valence-electron chi connectivity index (χ0n) is 22.0. The molecule has 1 amide bonds. The van der Waals surface area contributed by atoms with E-state index in [4.69, 9.17) is 10.5 Å². The fourth-order valence-electron chi connectivity index (χ4n) is 6.65. The van der Waals surface area contributed by atoms with E-state index in [2.05, 4.69) is 0 Å². The van der Waals surface area contributed by atoms with Gasteiger partial charge in [-0.05, 0) is 55.8 Å². The summed E-state index contributed by atoms with van der Waals surface area (Å²) >= 11 is 0. The number of primary amides is 1. The van der Waals surface area contributed by atoms with Crippen LogP contribution in [-0.2, 0) is 20.8 Å². The normalized spacial score (nSPS) is 29.7. The van der Waals surface area contributed by atoms with Crippen LogP contribution in [0.25, 0.3) is 5.76 Å². The molecule has 3 aliphatic carbocycles. The number of fused-ring (bicyclic) bond motifs is 3. The lowest BCUT2D eigenvalue weighted by Crippen LogP contribution is -2.70. The van der Waals surface area contributed by atoms with Crippen LogP contribution in [0, 0.1) is 11.8 Å². The third kappa shape index (κ3) is 3.65. The quantitative estimate of drug-likeness (QED) is 0.289. The van der Waals surface area contributed by atoms with Gasteiger partial charge in [0.05, 0.1) is 30.7 Å². The highest BCUT2D eigenvalue weighted by Gasteiger charge is 2.68. The summed E-state index contributed by atoms with van der Waals surface area (Å²) in [5, 5.41) is 56.9. The van der Waals surface area contributed by atoms with Crippen LogP contribution < -0.4 is 10.5 Å². The second-order valence-corrected chi connectivity index (χ2v) is 10.7. The van der Waals surface area contributed by atoms with Gasteiger partial charge in [0, 0.05) is 11.5 Å². The first-order chi connectivity index (χ1) is 18.9. The lowest BCUT2D eigenvalue weighted by atomic mass is 9.53. The van der Waals surface area contributed by atoms with E-state index in [1.165, 1.54) is 32.2 Å². The minimum absolute atomic E-state index is 0.0514. The highest BCUT2D eigenvalue weighted by atomic mass is 16.5. The molecule has 0 spiro atoms. The largest absolute Gasteiger partial charge is 0.508 e. The first kappa shape index (κ1) is 27.4. The number of aromatic hydroxyl groups is 1. The zero-order valence-corrected chi connectivity index (χ0v) is 22.0. The number of hydrogen-bond donors (Lipinski definition) is 6. The summed E-state index contributed by atoms with van der Waals surface area (Å²) in [5.74, 6) is -8.67. The smallest absolute Gasteiger partial charge is 0.255 e. The van der Waals surface area contributed by atoms with Crippen molar-refractivity contribution in [1.82, 2.24) is 4.90 Å². The number of ether oxygens (including phenoxy) is 1. The van der Waals surface area contributed by atoms with E-state index in [1.54, 1.807) is 36.4 Å². The number of nitrogens with zero attached hydrogens (tertiary/aromatic N) is 1. The predicted molar refractivity (Wildman–Crippen MR) is 141 cm³/mol. The maximum atomic E-state index is 14.2. The van der Waals surface area contributed by atoms with Crippen molar-refractivity contribution in [2.24, 2.45) is 17.6 Å². The van der Waals surface area contributed by atoms with Crippen molar-refractivity contribution in [1.29, 1.82) is 0 Å². The summed E-state index contributed by atoms with van der Waals surface area (Å²) in [7, 11) is 4.46. The van der Waals surface area contributed by atoms with Crippen molar-refractivity contribution in [2.45, 2.75) is 30.1 Å². The summed E-state index contributed by atoms with van der Waals surface area (Å²) < 4.78 is 5.23. The molecule has 40 heavy (non-hydrogen) atoms. The molecule has 1 fully saturated rings. The monoisotopic (exact) mass is 550 g/mol. The molecule has 210 valence electrons. The molecule has 6 unspecified atom stereocenters. The lowest BCUT2D eigenvalue weighted by Gasteiger charge is -2.54. The van der Waals surface area contributed by atoms with E-state index in [-0.39, 0.29) is 17.7 Å². The Morgan fingerprint density at radius 3 is 2.30 bits per heavy atom. The molecule has 1 saturated carbocycles. The van der Waals surface area contributed by atoms with Crippen LogP contribution >= 0.6 is 0 Å². The van der Waals surface area contributed by atoms with Gasteiger partial charge < -0.3 is 36.0 Å². The van der Waals surface area contributed by atoms with E-state index < -0.39 is 75.6 Å². The third-order valence-electron chi connectivity index (χ3n) is 8.41. The SMILES string of the molecule is COc1ccc(CC2c3cccc(O)c3C(O)=C3C(=O)C4(O)C(O)=C(C(N)=O)C(=O)C(N(C)C)C4C(O)C32)cc1. The van der Waals surface area contributed by atoms with Gasteiger partial charge in [-0.15, -0.1) is 0 Å². The van der Waals surface area contributed by atoms with Crippen LogP contribution in [-0.4, -0.2) is 86.9 Å².